The number of anilines is 1. The minimum absolute atomic E-state index is 0.109. The number of alkyl halides is 3. The highest BCUT2D eigenvalue weighted by atomic mass is 19.4. The van der Waals surface area contributed by atoms with E-state index in [1.807, 2.05) is 0 Å². The Labute approximate surface area is 302 Å². The second kappa shape index (κ2) is 14.4. The lowest BCUT2D eigenvalue weighted by molar-refractivity contribution is -0.141. The Hall–Kier alpha value is -5.67. The molecule has 1 saturated carbocycles. The number of nitrogens with one attached hydrogen (secondary N) is 2. The molecule has 1 aromatic carbocycles. The Kier molecular flexibility index (Phi) is 10.1. The van der Waals surface area contributed by atoms with E-state index in [-0.39, 0.29) is 55.0 Å². The maximum absolute atomic E-state index is 14.4. The Bertz CT molecular complexity index is 2140. The van der Waals surface area contributed by atoms with Gasteiger partial charge in [0, 0.05) is 49.2 Å². The molecule has 0 bridgehead atoms. The fraction of sp³-hybridized carbons (Fsp3) is 0.405. The number of likely N-dealkylation sites (tertiary alicyclic amines) is 1. The molecule has 1 saturated heterocycles. The summed E-state index contributed by atoms with van der Waals surface area (Å²) < 4.78 is 47.6. The summed E-state index contributed by atoms with van der Waals surface area (Å²) in [5.41, 5.74) is 0.350. The number of aromatic nitrogens is 5. The predicted octanol–water partition coefficient (Wildman–Crippen LogP) is 5.52. The topological polar surface area (TPSA) is 165 Å². The zero-order valence-electron chi connectivity index (χ0n) is 29.5. The van der Waals surface area contributed by atoms with Crippen LogP contribution in [-0.2, 0) is 33.5 Å². The minimum Gasteiger partial charge on any atom is -0.421 e. The summed E-state index contributed by atoms with van der Waals surface area (Å²) >= 11 is 0. The summed E-state index contributed by atoms with van der Waals surface area (Å²) in [6, 6.07) is 4.00. The molecule has 1 aliphatic carbocycles. The first-order valence-corrected chi connectivity index (χ1v) is 17.2. The second-order valence-electron chi connectivity index (χ2n) is 13.6. The number of rotatable bonds is 14. The van der Waals surface area contributed by atoms with Gasteiger partial charge >= 0.3 is 6.18 Å². The molecule has 3 amide bonds. The van der Waals surface area contributed by atoms with Crippen molar-refractivity contribution in [2.24, 2.45) is 5.41 Å². The smallest absolute Gasteiger partial charge is 0.421 e. The van der Waals surface area contributed by atoms with E-state index in [0.29, 0.717) is 59.2 Å². The van der Waals surface area contributed by atoms with Crippen molar-refractivity contribution < 1.29 is 36.8 Å². The van der Waals surface area contributed by atoms with Crippen molar-refractivity contribution in [2.75, 3.05) is 11.9 Å². The van der Waals surface area contributed by atoms with Gasteiger partial charge in [0.1, 0.15) is 29.8 Å². The molecule has 4 aromatic rings. The normalized spacial score (nSPS) is 19.2. The van der Waals surface area contributed by atoms with Crippen LogP contribution >= 0.6 is 0 Å². The fourth-order valence-electron chi connectivity index (χ4n) is 7.09. The fourth-order valence-corrected chi connectivity index (χ4v) is 7.09. The zero-order chi connectivity index (χ0) is 38.2. The second-order valence-corrected chi connectivity index (χ2v) is 13.6. The van der Waals surface area contributed by atoms with Crippen LogP contribution in [-0.4, -0.2) is 72.0 Å². The quantitative estimate of drug-likeness (QED) is 0.0965. The number of hydrogen-bond acceptors (Lipinski definition) is 9. The summed E-state index contributed by atoms with van der Waals surface area (Å²) in [5.74, 6) is -1.41. The van der Waals surface area contributed by atoms with Crippen LogP contribution in [0.25, 0.3) is 22.4 Å². The first-order valence-electron chi connectivity index (χ1n) is 17.2. The van der Waals surface area contributed by atoms with Crippen LogP contribution in [0.15, 0.2) is 54.0 Å². The van der Waals surface area contributed by atoms with Crippen LogP contribution < -0.4 is 10.6 Å². The van der Waals surface area contributed by atoms with Crippen molar-refractivity contribution >= 4 is 40.2 Å². The van der Waals surface area contributed by atoms with Crippen molar-refractivity contribution in [2.45, 2.75) is 84.1 Å². The largest absolute Gasteiger partial charge is 0.433 e. The number of aryl methyl sites for hydroxylation is 2. The van der Waals surface area contributed by atoms with Gasteiger partial charge < -0.3 is 20.0 Å². The van der Waals surface area contributed by atoms with Crippen molar-refractivity contribution in [1.29, 1.82) is 0 Å². The molecular formula is C37H39F3N8O5. The SMILES string of the molecule is C=CCCCC(=O)NC[C@@]12C[C@@H](C(=O)Nc3nc(C(F)(F)F)ccc3C)N(C(=O)Cn3nc(C(C)=O)c4cc(-c5nnc(C)o5)cc(CC=C)c43)[C@@H]1C2. The van der Waals surface area contributed by atoms with E-state index in [4.69, 9.17) is 4.42 Å². The number of carbonyl (C=O) groups is 4. The predicted molar refractivity (Wildman–Crippen MR) is 187 cm³/mol. The molecule has 3 aromatic heterocycles. The average molecular weight is 733 g/mol. The van der Waals surface area contributed by atoms with Gasteiger partial charge in [-0.3, -0.25) is 23.9 Å². The van der Waals surface area contributed by atoms with Gasteiger partial charge in [-0.05, 0) is 68.4 Å². The standard InChI is InChI=1S/C37H39F3N8O5/c1-6-8-9-11-29(50)41-19-36-16-26(34(52)43-33-20(3)12-13-27(42-33)37(38,39)40)48(28(36)17-36)30(51)18-47-32-23(10-7-2)14-24(35-45-44-22(5)53-35)15-25(32)31(46-47)21(4)49/h6-7,12-15,26,28H,1-2,8-11,16-19H2,3-5H3,(H,41,50)(H,42,43,52)/t26-,28+,36-/m0/s1. The molecular weight excluding hydrogens is 693 g/mol. The van der Waals surface area contributed by atoms with Crippen LogP contribution in [0.4, 0.5) is 19.0 Å². The molecule has 0 spiro atoms. The van der Waals surface area contributed by atoms with Crippen LogP contribution in [0.2, 0.25) is 0 Å². The molecule has 6 rings (SSSR count). The third-order valence-corrected chi connectivity index (χ3v) is 9.77. The maximum Gasteiger partial charge on any atom is 0.433 e. The van der Waals surface area contributed by atoms with Gasteiger partial charge in [-0.1, -0.05) is 18.2 Å². The van der Waals surface area contributed by atoms with Gasteiger partial charge in [0.05, 0.1) is 5.52 Å². The van der Waals surface area contributed by atoms with Gasteiger partial charge in [0.25, 0.3) is 0 Å². The van der Waals surface area contributed by atoms with Gasteiger partial charge in [-0.25, -0.2) is 4.98 Å². The van der Waals surface area contributed by atoms with Crippen LogP contribution in [0.1, 0.15) is 72.2 Å². The molecule has 53 heavy (non-hydrogen) atoms. The van der Waals surface area contributed by atoms with E-state index in [0.717, 1.165) is 6.07 Å². The number of piperidine rings is 1. The van der Waals surface area contributed by atoms with Gasteiger partial charge in [0.15, 0.2) is 5.78 Å². The van der Waals surface area contributed by atoms with Gasteiger partial charge in [-0.15, -0.1) is 23.4 Å². The first kappa shape index (κ1) is 37.1. The third kappa shape index (κ3) is 7.48. The number of benzene rings is 1. The number of ketones is 1. The molecule has 278 valence electrons. The molecule has 0 unspecified atom stereocenters. The van der Waals surface area contributed by atoms with Crippen LogP contribution in [0.3, 0.4) is 0 Å². The third-order valence-electron chi connectivity index (χ3n) is 9.77. The number of nitrogens with zero attached hydrogens (tertiary/aromatic N) is 6. The van der Waals surface area contributed by atoms with E-state index in [9.17, 15) is 32.3 Å². The number of amides is 3. The highest BCUT2D eigenvalue weighted by Gasteiger charge is 2.67. The molecule has 4 heterocycles. The molecule has 2 fully saturated rings. The highest BCUT2D eigenvalue weighted by molar-refractivity contribution is 6.07. The van der Waals surface area contributed by atoms with Crippen molar-refractivity contribution in [1.82, 2.24) is 35.2 Å². The molecule has 16 heteroatoms. The van der Waals surface area contributed by atoms with E-state index in [1.54, 1.807) is 31.2 Å². The monoisotopic (exact) mass is 732 g/mol. The summed E-state index contributed by atoms with van der Waals surface area (Å²) in [7, 11) is 0. The van der Waals surface area contributed by atoms with Crippen LogP contribution in [0.5, 0.6) is 0 Å². The Morgan fingerprint density at radius 3 is 2.53 bits per heavy atom. The summed E-state index contributed by atoms with van der Waals surface area (Å²) in [4.78, 5) is 58.9. The van der Waals surface area contributed by atoms with Gasteiger partial charge in [-0.2, -0.15) is 18.3 Å². The van der Waals surface area contributed by atoms with Gasteiger partial charge in [0.2, 0.25) is 29.5 Å². The lowest BCUT2D eigenvalue weighted by Gasteiger charge is -2.27. The van der Waals surface area contributed by atoms with E-state index in [1.165, 1.54) is 29.5 Å². The van der Waals surface area contributed by atoms with E-state index < -0.39 is 41.2 Å². The number of Topliss-reactive ketones (excluding diaryl/α,β-unsaturated/α-hetero) is 1. The number of allylic oxidation sites excluding steroid dienone is 2. The molecule has 0 radical (unpaired) electrons. The van der Waals surface area contributed by atoms with Crippen molar-refractivity contribution in [3.05, 3.63) is 78.0 Å². The first-order chi connectivity index (χ1) is 25.2. The number of hydrogen-bond donors (Lipinski definition) is 2. The van der Waals surface area contributed by atoms with E-state index in [2.05, 4.69) is 44.1 Å². The maximum atomic E-state index is 14.4. The van der Waals surface area contributed by atoms with Crippen LogP contribution in [0, 0.1) is 19.3 Å². The van der Waals surface area contributed by atoms with Crippen molar-refractivity contribution in [3.8, 4) is 11.5 Å². The number of halogens is 3. The molecule has 13 nitrogen and oxygen atoms in total. The summed E-state index contributed by atoms with van der Waals surface area (Å²) in [6.07, 6.45) is 1.23. The number of fused-ring (bicyclic) bond motifs is 2. The lowest BCUT2D eigenvalue weighted by Crippen LogP contribution is -2.47. The average Bonchev–Trinajstić information content (AvgIpc) is 3.36. The number of unbranched alkanes of at least 4 members (excludes halogenated alkanes) is 1. The number of pyridine rings is 1. The Balaban J connectivity index is 1.33. The Morgan fingerprint density at radius 1 is 1.09 bits per heavy atom. The Morgan fingerprint density at radius 2 is 1.87 bits per heavy atom. The van der Waals surface area contributed by atoms with E-state index >= 15 is 0 Å². The summed E-state index contributed by atoms with van der Waals surface area (Å²) in [5, 5.41) is 18.5. The zero-order valence-corrected chi connectivity index (χ0v) is 29.5. The molecule has 3 atom stereocenters. The molecule has 1 aliphatic heterocycles. The minimum atomic E-state index is -4.74. The lowest BCUT2D eigenvalue weighted by atomic mass is 9.98. The number of carbonyl (C=O) groups excluding carboxylic acids is 4. The summed E-state index contributed by atoms with van der Waals surface area (Å²) in [6.45, 7) is 11.9. The van der Waals surface area contributed by atoms with Crippen molar-refractivity contribution in [3.63, 3.8) is 0 Å². The molecule has 2 aliphatic rings. The molecule has 2 N–H and O–H groups in total. The highest BCUT2D eigenvalue weighted by Crippen LogP contribution is 2.59.